The summed E-state index contributed by atoms with van der Waals surface area (Å²) in [7, 11) is 0. The molecule has 3 aromatic carbocycles. The van der Waals surface area contributed by atoms with Crippen LogP contribution in [0.3, 0.4) is 0 Å². The van der Waals surface area contributed by atoms with Crippen molar-refractivity contribution in [3.63, 3.8) is 0 Å². The van der Waals surface area contributed by atoms with E-state index in [1.165, 1.54) is 0 Å². The van der Waals surface area contributed by atoms with Gasteiger partial charge in [-0.3, -0.25) is 19.3 Å². The standard InChI is InChI=1S/C41H52N2O8/c1-41(2,3)51-39(48)35-12-9-23-43(35)26-33-24-36(30-17-15-28(27-44)16-18-30)50-40(49-33)31-21-19-29(20-22-31)34-11-8-7-10-32(34)25-42-37(45)13-5-4-6-14-38(46)47/h7-8,10-11,15-22,33,35-36,40,44H,4-6,9,12-14,23-27H2,1-3H3,(H,42,45)(H,46,47)/t33-,35-,36+,40+/m0/s1. The molecule has 0 aliphatic carbocycles. The molecule has 0 bridgehead atoms. The molecule has 0 radical (unpaired) electrons. The van der Waals surface area contributed by atoms with Crippen molar-refractivity contribution in [2.24, 2.45) is 0 Å². The van der Waals surface area contributed by atoms with Gasteiger partial charge in [0.15, 0.2) is 6.29 Å². The fourth-order valence-electron chi connectivity index (χ4n) is 6.77. The lowest BCUT2D eigenvalue weighted by Crippen LogP contribution is -2.45. The summed E-state index contributed by atoms with van der Waals surface area (Å²) in [6, 6.07) is 23.6. The van der Waals surface area contributed by atoms with E-state index in [9.17, 15) is 19.5 Å². The van der Waals surface area contributed by atoms with Gasteiger partial charge in [0.25, 0.3) is 0 Å². The van der Waals surface area contributed by atoms with Gasteiger partial charge in [0.05, 0.1) is 18.8 Å². The summed E-state index contributed by atoms with van der Waals surface area (Å²) in [6.07, 6.45) is 3.65. The summed E-state index contributed by atoms with van der Waals surface area (Å²) >= 11 is 0. The lowest BCUT2D eigenvalue weighted by Gasteiger charge is -2.38. The van der Waals surface area contributed by atoms with Crippen molar-refractivity contribution in [1.82, 2.24) is 10.2 Å². The van der Waals surface area contributed by atoms with Crippen molar-refractivity contribution in [2.45, 2.75) is 115 Å². The molecule has 2 aliphatic heterocycles. The maximum Gasteiger partial charge on any atom is 0.323 e. The first-order valence-electron chi connectivity index (χ1n) is 18.1. The van der Waals surface area contributed by atoms with Crippen LogP contribution in [0.5, 0.6) is 0 Å². The Bertz CT molecular complexity index is 1600. The van der Waals surface area contributed by atoms with Crippen molar-refractivity contribution in [2.75, 3.05) is 13.1 Å². The highest BCUT2D eigenvalue weighted by atomic mass is 16.7. The number of benzene rings is 3. The number of aliphatic carboxylic acids is 1. The molecule has 10 heteroatoms. The molecule has 0 saturated carbocycles. The number of aliphatic hydroxyl groups excluding tert-OH is 1. The van der Waals surface area contributed by atoms with E-state index >= 15 is 0 Å². The van der Waals surface area contributed by atoms with Gasteiger partial charge in [0.2, 0.25) is 5.91 Å². The van der Waals surface area contributed by atoms with Gasteiger partial charge >= 0.3 is 11.9 Å². The maximum absolute atomic E-state index is 13.1. The number of rotatable bonds is 15. The predicted molar refractivity (Wildman–Crippen MR) is 193 cm³/mol. The van der Waals surface area contributed by atoms with Crippen LogP contribution >= 0.6 is 0 Å². The topological polar surface area (TPSA) is 135 Å². The van der Waals surface area contributed by atoms with E-state index in [0.717, 1.165) is 52.8 Å². The van der Waals surface area contributed by atoms with Gasteiger partial charge in [-0.05, 0) is 80.8 Å². The minimum absolute atomic E-state index is 0.0286. The van der Waals surface area contributed by atoms with Crippen molar-refractivity contribution in [3.05, 3.63) is 95.1 Å². The van der Waals surface area contributed by atoms with Crippen LogP contribution in [-0.2, 0) is 41.7 Å². The third kappa shape index (κ3) is 11.2. The molecule has 5 rings (SSSR count). The summed E-state index contributed by atoms with van der Waals surface area (Å²) in [5.41, 5.74) is 5.16. The van der Waals surface area contributed by atoms with Crippen LogP contribution in [-0.4, -0.2) is 63.8 Å². The van der Waals surface area contributed by atoms with Gasteiger partial charge in [-0.25, -0.2) is 0 Å². The van der Waals surface area contributed by atoms with E-state index in [4.69, 9.17) is 19.3 Å². The van der Waals surface area contributed by atoms with Crippen LogP contribution in [0.25, 0.3) is 11.1 Å². The lowest BCUT2D eigenvalue weighted by atomic mass is 9.97. The first-order chi connectivity index (χ1) is 24.5. The highest BCUT2D eigenvalue weighted by molar-refractivity contribution is 5.77. The number of carboxylic acids is 1. The number of carbonyl (C=O) groups is 3. The molecule has 274 valence electrons. The Hall–Kier alpha value is -4.09. The fourth-order valence-corrected chi connectivity index (χ4v) is 6.77. The predicted octanol–water partition coefficient (Wildman–Crippen LogP) is 6.85. The zero-order chi connectivity index (χ0) is 36.4. The third-order valence-corrected chi connectivity index (χ3v) is 9.38. The number of ether oxygens (including phenoxy) is 3. The summed E-state index contributed by atoms with van der Waals surface area (Å²) in [6.45, 7) is 7.41. The largest absolute Gasteiger partial charge is 0.481 e. The number of hydrogen-bond acceptors (Lipinski definition) is 8. The average molecular weight is 701 g/mol. The molecule has 3 N–H and O–H groups in total. The molecular weight excluding hydrogens is 648 g/mol. The summed E-state index contributed by atoms with van der Waals surface area (Å²) < 4.78 is 19.0. The van der Waals surface area contributed by atoms with E-state index in [0.29, 0.717) is 45.2 Å². The molecular formula is C41H52N2O8. The van der Waals surface area contributed by atoms with Gasteiger partial charge in [-0.1, -0.05) is 79.2 Å². The van der Waals surface area contributed by atoms with Crippen LogP contribution in [0.4, 0.5) is 0 Å². The first-order valence-corrected chi connectivity index (χ1v) is 18.1. The normalized spacial score (nSPS) is 20.9. The smallest absolute Gasteiger partial charge is 0.323 e. The molecule has 0 unspecified atom stereocenters. The molecule has 2 heterocycles. The molecule has 0 aromatic heterocycles. The Kier molecular flexibility index (Phi) is 13.4. The number of carboxylic acid groups (broad SMARTS) is 1. The van der Waals surface area contributed by atoms with Gasteiger partial charge in [0.1, 0.15) is 11.6 Å². The van der Waals surface area contributed by atoms with Crippen LogP contribution in [0.2, 0.25) is 0 Å². The molecule has 10 nitrogen and oxygen atoms in total. The van der Waals surface area contributed by atoms with Crippen molar-refractivity contribution < 1.29 is 38.8 Å². The van der Waals surface area contributed by atoms with E-state index in [1.54, 1.807) is 0 Å². The summed E-state index contributed by atoms with van der Waals surface area (Å²) in [5.74, 6) is -1.06. The summed E-state index contributed by atoms with van der Waals surface area (Å²) in [5, 5.41) is 21.4. The third-order valence-electron chi connectivity index (χ3n) is 9.38. The zero-order valence-corrected chi connectivity index (χ0v) is 30.0. The Morgan fingerprint density at radius 1 is 0.902 bits per heavy atom. The van der Waals surface area contributed by atoms with Crippen LogP contribution < -0.4 is 5.32 Å². The minimum Gasteiger partial charge on any atom is -0.481 e. The molecule has 1 amide bonds. The second kappa shape index (κ2) is 17.9. The molecule has 2 aliphatic rings. The van der Waals surface area contributed by atoms with Gasteiger partial charge < -0.3 is 29.7 Å². The molecule has 2 saturated heterocycles. The minimum atomic E-state index is -0.811. The van der Waals surface area contributed by atoms with Gasteiger partial charge in [-0.2, -0.15) is 0 Å². The number of carbonyl (C=O) groups excluding carboxylic acids is 2. The fraction of sp³-hybridized carbons (Fsp3) is 0.488. The molecule has 0 spiro atoms. The van der Waals surface area contributed by atoms with E-state index in [2.05, 4.69) is 10.2 Å². The Morgan fingerprint density at radius 2 is 1.61 bits per heavy atom. The molecule has 51 heavy (non-hydrogen) atoms. The number of nitrogens with one attached hydrogen (secondary N) is 1. The summed E-state index contributed by atoms with van der Waals surface area (Å²) in [4.78, 5) is 38.5. The van der Waals surface area contributed by atoms with Crippen LogP contribution in [0.1, 0.15) is 107 Å². The van der Waals surface area contributed by atoms with Crippen molar-refractivity contribution in [1.29, 1.82) is 0 Å². The highest BCUT2D eigenvalue weighted by Crippen LogP contribution is 2.39. The number of likely N-dealkylation sites (tertiary alicyclic amines) is 1. The van der Waals surface area contributed by atoms with Gasteiger partial charge in [-0.15, -0.1) is 0 Å². The number of unbranched alkanes of at least 4 members (excludes halogenated alkanes) is 2. The second-order valence-electron chi connectivity index (χ2n) is 14.5. The highest BCUT2D eigenvalue weighted by Gasteiger charge is 2.39. The Balaban J connectivity index is 1.28. The number of esters is 1. The average Bonchev–Trinajstić information content (AvgIpc) is 3.58. The van der Waals surface area contributed by atoms with E-state index < -0.39 is 17.9 Å². The molecule has 4 atom stereocenters. The monoisotopic (exact) mass is 700 g/mol. The van der Waals surface area contributed by atoms with Gasteiger partial charge in [0, 0.05) is 37.9 Å². The number of hydrogen-bond donors (Lipinski definition) is 3. The maximum atomic E-state index is 13.1. The Morgan fingerprint density at radius 3 is 2.31 bits per heavy atom. The number of amides is 1. The van der Waals surface area contributed by atoms with Crippen molar-refractivity contribution in [3.8, 4) is 11.1 Å². The SMILES string of the molecule is CC(C)(C)OC(=O)[C@@H]1CCCN1C[C@@H]1C[C@H](c2ccc(CO)cc2)O[C@H](c2ccc(-c3ccccc3CNC(=O)CCCCCC(=O)O)cc2)O1. The van der Waals surface area contributed by atoms with E-state index in [1.807, 2.05) is 93.6 Å². The zero-order valence-electron chi connectivity index (χ0n) is 30.0. The van der Waals surface area contributed by atoms with Crippen LogP contribution in [0, 0.1) is 0 Å². The van der Waals surface area contributed by atoms with E-state index in [-0.39, 0.29) is 43.2 Å². The quantitative estimate of drug-likeness (QED) is 0.115. The number of aliphatic hydroxyl groups is 1. The Labute approximate surface area is 301 Å². The second-order valence-corrected chi connectivity index (χ2v) is 14.5. The first kappa shape index (κ1) is 38.1. The molecule has 2 fully saturated rings. The van der Waals surface area contributed by atoms with Crippen molar-refractivity contribution >= 4 is 17.8 Å². The number of nitrogens with zero attached hydrogens (tertiary/aromatic N) is 1. The molecule has 3 aromatic rings. The van der Waals surface area contributed by atoms with Crippen LogP contribution in [0.15, 0.2) is 72.8 Å². The lowest BCUT2D eigenvalue weighted by molar-refractivity contribution is -0.253.